The van der Waals surface area contributed by atoms with Crippen LogP contribution in [0.2, 0.25) is 0 Å². The molecule has 22 heavy (non-hydrogen) atoms. The minimum Gasteiger partial charge on any atom is -0.384 e. The van der Waals surface area contributed by atoms with Gasteiger partial charge in [0.05, 0.1) is 16.9 Å². The number of aryl methyl sites for hydroxylation is 2. The lowest BCUT2D eigenvalue weighted by atomic mass is 9.99. The van der Waals surface area contributed by atoms with E-state index in [0.717, 1.165) is 48.4 Å². The number of amides is 1. The van der Waals surface area contributed by atoms with E-state index in [1.807, 2.05) is 32.0 Å². The SMILES string of the molecule is Cc1cc(CC(C)NC(=O)c2cccc3c2NCCC3)n[nH]1. The number of nitrogens with one attached hydrogen (secondary N) is 3. The molecule has 0 bridgehead atoms. The summed E-state index contributed by atoms with van der Waals surface area (Å²) in [5.74, 6) is -0.0222. The number of nitrogens with zero attached hydrogens (tertiary/aromatic N) is 1. The van der Waals surface area contributed by atoms with E-state index in [2.05, 4.69) is 26.9 Å². The lowest BCUT2D eigenvalue weighted by molar-refractivity contribution is 0.0940. The number of hydrogen-bond donors (Lipinski definition) is 3. The van der Waals surface area contributed by atoms with Crippen molar-refractivity contribution in [2.75, 3.05) is 11.9 Å². The lowest BCUT2D eigenvalue weighted by Gasteiger charge is -2.21. The second-order valence-electron chi connectivity index (χ2n) is 5.99. The summed E-state index contributed by atoms with van der Waals surface area (Å²) >= 11 is 0. The molecule has 1 aliphatic heterocycles. The third kappa shape index (κ3) is 3.13. The summed E-state index contributed by atoms with van der Waals surface area (Å²) in [5, 5.41) is 13.6. The molecule has 1 unspecified atom stereocenters. The third-order valence-corrected chi connectivity index (χ3v) is 3.97. The van der Waals surface area contributed by atoms with Gasteiger partial charge in [-0.3, -0.25) is 9.89 Å². The van der Waals surface area contributed by atoms with E-state index >= 15 is 0 Å². The Morgan fingerprint density at radius 2 is 2.32 bits per heavy atom. The summed E-state index contributed by atoms with van der Waals surface area (Å²) in [7, 11) is 0. The average molecular weight is 298 g/mol. The second-order valence-corrected chi connectivity index (χ2v) is 5.99. The molecule has 0 aliphatic carbocycles. The van der Waals surface area contributed by atoms with Gasteiger partial charge < -0.3 is 10.6 Å². The summed E-state index contributed by atoms with van der Waals surface area (Å²) in [6.45, 7) is 4.91. The number of benzene rings is 1. The van der Waals surface area contributed by atoms with E-state index in [9.17, 15) is 4.79 Å². The average Bonchev–Trinajstić information content (AvgIpc) is 2.91. The molecule has 1 aromatic heterocycles. The molecule has 1 atom stereocenters. The minimum absolute atomic E-state index is 0.0222. The van der Waals surface area contributed by atoms with Gasteiger partial charge in [0, 0.05) is 24.7 Å². The van der Waals surface area contributed by atoms with Crippen LogP contribution in [0.3, 0.4) is 0 Å². The van der Waals surface area contributed by atoms with Gasteiger partial charge in [0.15, 0.2) is 0 Å². The van der Waals surface area contributed by atoms with Crippen molar-refractivity contribution in [2.24, 2.45) is 0 Å². The maximum atomic E-state index is 12.5. The molecule has 1 aliphatic rings. The molecule has 5 heteroatoms. The summed E-state index contributed by atoms with van der Waals surface area (Å²) in [6, 6.07) is 7.98. The third-order valence-electron chi connectivity index (χ3n) is 3.97. The smallest absolute Gasteiger partial charge is 0.253 e. The number of fused-ring (bicyclic) bond motifs is 1. The van der Waals surface area contributed by atoms with Crippen LogP contribution in [0.5, 0.6) is 0 Å². The van der Waals surface area contributed by atoms with Gasteiger partial charge in [0.2, 0.25) is 0 Å². The van der Waals surface area contributed by atoms with E-state index in [1.165, 1.54) is 5.56 Å². The van der Waals surface area contributed by atoms with Gasteiger partial charge in [0.25, 0.3) is 5.91 Å². The van der Waals surface area contributed by atoms with Crippen molar-refractivity contribution in [3.63, 3.8) is 0 Å². The number of aromatic amines is 1. The van der Waals surface area contributed by atoms with Crippen LogP contribution in [0.25, 0.3) is 0 Å². The van der Waals surface area contributed by atoms with Crippen molar-refractivity contribution in [1.82, 2.24) is 15.5 Å². The van der Waals surface area contributed by atoms with Crippen molar-refractivity contribution in [2.45, 2.75) is 39.2 Å². The molecular weight excluding hydrogens is 276 g/mol. The number of carbonyl (C=O) groups excluding carboxylic acids is 1. The zero-order chi connectivity index (χ0) is 15.5. The molecule has 2 aromatic rings. The maximum absolute atomic E-state index is 12.5. The Bertz CT molecular complexity index is 677. The van der Waals surface area contributed by atoms with Crippen molar-refractivity contribution < 1.29 is 4.79 Å². The van der Waals surface area contributed by atoms with Gasteiger partial charge in [-0.05, 0) is 44.4 Å². The zero-order valence-electron chi connectivity index (χ0n) is 13.1. The number of H-pyrrole nitrogens is 1. The highest BCUT2D eigenvalue weighted by Crippen LogP contribution is 2.26. The summed E-state index contributed by atoms with van der Waals surface area (Å²) in [5.41, 5.74) is 4.97. The largest absolute Gasteiger partial charge is 0.384 e. The Hall–Kier alpha value is -2.30. The van der Waals surface area contributed by atoms with Gasteiger partial charge in [0.1, 0.15) is 0 Å². The van der Waals surface area contributed by atoms with Crippen LogP contribution in [-0.2, 0) is 12.8 Å². The summed E-state index contributed by atoms with van der Waals surface area (Å²) in [6.07, 6.45) is 2.87. The number of rotatable bonds is 4. The van der Waals surface area contributed by atoms with Crippen LogP contribution in [0.1, 0.15) is 40.7 Å². The molecule has 0 spiro atoms. The van der Waals surface area contributed by atoms with E-state index in [1.54, 1.807) is 0 Å². The normalized spacial score (nSPS) is 14.8. The molecular formula is C17H22N4O. The van der Waals surface area contributed by atoms with Gasteiger partial charge >= 0.3 is 0 Å². The molecule has 0 fully saturated rings. The molecule has 1 aromatic carbocycles. The molecule has 2 heterocycles. The van der Waals surface area contributed by atoms with Crippen molar-refractivity contribution in [1.29, 1.82) is 0 Å². The molecule has 0 saturated carbocycles. The van der Waals surface area contributed by atoms with Gasteiger partial charge in [-0.25, -0.2) is 0 Å². The van der Waals surface area contributed by atoms with Crippen LogP contribution in [0, 0.1) is 6.92 Å². The highest BCUT2D eigenvalue weighted by atomic mass is 16.1. The fourth-order valence-corrected chi connectivity index (χ4v) is 2.94. The van der Waals surface area contributed by atoms with Crippen molar-refractivity contribution in [3.8, 4) is 0 Å². The fourth-order valence-electron chi connectivity index (χ4n) is 2.94. The summed E-state index contributed by atoms with van der Waals surface area (Å²) in [4.78, 5) is 12.5. The van der Waals surface area contributed by atoms with Crippen LogP contribution in [-0.4, -0.2) is 28.7 Å². The van der Waals surface area contributed by atoms with Crippen LogP contribution in [0.4, 0.5) is 5.69 Å². The predicted octanol–water partition coefficient (Wildman–Crippen LogP) is 2.44. The van der Waals surface area contributed by atoms with Gasteiger partial charge in [-0.2, -0.15) is 5.10 Å². The molecule has 3 N–H and O–H groups in total. The van der Waals surface area contributed by atoms with Crippen molar-refractivity contribution in [3.05, 3.63) is 46.8 Å². The lowest BCUT2D eigenvalue weighted by Crippen LogP contribution is -2.35. The van der Waals surface area contributed by atoms with Gasteiger partial charge in [-0.15, -0.1) is 0 Å². The van der Waals surface area contributed by atoms with E-state index < -0.39 is 0 Å². The number of anilines is 1. The molecule has 5 nitrogen and oxygen atoms in total. The van der Waals surface area contributed by atoms with E-state index in [4.69, 9.17) is 0 Å². The van der Waals surface area contributed by atoms with Gasteiger partial charge in [-0.1, -0.05) is 12.1 Å². The Morgan fingerprint density at radius 3 is 3.09 bits per heavy atom. The molecule has 1 amide bonds. The molecule has 0 radical (unpaired) electrons. The second kappa shape index (κ2) is 6.22. The zero-order valence-corrected chi connectivity index (χ0v) is 13.1. The monoisotopic (exact) mass is 298 g/mol. The summed E-state index contributed by atoms with van der Waals surface area (Å²) < 4.78 is 0. The number of carbonyl (C=O) groups is 1. The molecule has 116 valence electrons. The number of para-hydroxylation sites is 1. The Balaban J connectivity index is 1.69. The van der Waals surface area contributed by atoms with Crippen molar-refractivity contribution >= 4 is 11.6 Å². The number of aromatic nitrogens is 2. The Labute approximate surface area is 130 Å². The topological polar surface area (TPSA) is 69.8 Å². The van der Waals surface area contributed by atoms with Crippen LogP contribution in [0.15, 0.2) is 24.3 Å². The predicted molar refractivity (Wildman–Crippen MR) is 87.2 cm³/mol. The highest BCUT2D eigenvalue weighted by Gasteiger charge is 2.18. The Kier molecular flexibility index (Phi) is 4.13. The minimum atomic E-state index is -0.0222. The first kappa shape index (κ1) is 14.6. The Morgan fingerprint density at radius 1 is 1.45 bits per heavy atom. The van der Waals surface area contributed by atoms with E-state index in [0.29, 0.717) is 0 Å². The quantitative estimate of drug-likeness (QED) is 0.812. The number of hydrogen-bond acceptors (Lipinski definition) is 3. The highest BCUT2D eigenvalue weighted by molar-refractivity contribution is 6.00. The maximum Gasteiger partial charge on any atom is 0.253 e. The molecule has 3 rings (SSSR count). The van der Waals surface area contributed by atoms with Crippen LogP contribution < -0.4 is 10.6 Å². The van der Waals surface area contributed by atoms with Crippen LogP contribution >= 0.6 is 0 Å². The molecule has 0 saturated heterocycles. The standard InChI is InChI=1S/C17H22N4O/c1-11(9-14-10-12(2)20-21-14)19-17(22)15-7-3-5-13-6-4-8-18-16(13)15/h3,5,7,10-11,18H,4,6,8-9H2,1-2H3,(H,19,22)(H,20,21). The fraction of sp³-hybridized carbons (Fsp3) is 0.412. The van der Waals surface area contributed by atoms with E-state index in [-0.39, 0.29) is 11.9 Å². The first-order chi connectivity index (χ1) is 10.6. The first-order valence-electron chi connectivity index (χ1n) is 7.81. The first-order valence-corrected chi connectivity index (χ1v) is 7.81.